The molecule has 0 aliphatic carbocycles. The Morgan fingerprint density at radius 3 is 0.714 bits per heavy atom. The molecule has 0 unspecified atom stereocenters. The van der Waals surface area contributed by atoms with Crippen molar-refractivity contribution < 1.29 is 182 Å². The molecule has 17 nitrogen and oxygen atoms in total. The summed E-state index contributed by atoms with van der Waals surface area (Å²) < 4.78 is 137. The van der Waals surface area contributed by atoms with Gasteiger partial charge in [-0.05, 0) is 0 Å². The van der Waals surface area contributed by atoms with Gasteiger partial charge < -0.3 is 48.8 Å². The Labute approximate surface area is 282 Å². The molecule has 0 N–H and O–H groups in total. The molecular weight excluding hydrogens is 665 g/mol. The van der Waals surface area contributed by atoms with Gasteiger partial charge >= 0.3 is 146 Å². The van der Waals surface area contributed by atoms with Crippen molar-refractivity contribution in [3.05, 3.63) is 0 Å². The average Bonchev–Trinajstić information content (AvgIpc) is 2.09. The van der Waals surface area contributed by atoms with Crippen LogP contribution in [-0.2, 0) is 97.7 Å². The Morgan fingerprint density at radius 2 is 0.679 bits per heavy atom. The molecule has 0 aromatic carbocycles. The van der Waals surface area contributed by atoms with Crippen LogP contribution in [0.3, 0.4) is 0 Å². The summed E-state index contributed by atoms with van der Waals surface area (Å²) in [5.74, 6) is 0. The van der Waals surface area contributed by atoms with Crippen LogP contribution in [0.1, 0.15) is 1.43 Å². The van der Waals surface area contributed by atoms with Crippen molar-refractivity contribution in [3.63, 3.8) is 0 Å². The summed E-state index contributed by atoms with van der Waals surface area (Å²) in [5, 5.41) is 0. The summed E-state index contributed by atoms with van der Waals surface area (Å²) in [6, 6.07) is 0. The van der Waals surface area contributed by atoms with Crippen molar-refractivity contribution in [2.75, 3.05) is 0 Å². The Balaban J connectivity index is -0.0000000167. The fourth-order valence-electron chi connectivity index (χ4n) is 0.0680. The molecule has 0 aromatic rings. The van der Waals surface area contributed by atoms with Gasteiger partial charge in [-0.3, -0.25) is 12.6 Å². The van der Waals surface area contributed by atoms with Crippen LogP contribution in [-0.4, -0.2) is 117 Å². The van der Waals surface area contributed by atoms with Gasteiger partial charge in [0.25, 0.3) is 0 Å². The van der Waals surface area contributed by atoms with Crippen molar-refractivity contribution >= 4 is 106 Å². The number of hydrogen-bond donors (Lipinski definition) is 0. The van der Waals surface area contributed by atoms with Gasteiger partial charge in [0, 0.05) is 0 Å². The summed E-state index contributed by atoms with van der Waals surface area (Å²) in [5.41, 5.74) is 0. The Bertz CT molecular complexity index is 484. The third kappa shape index (κ3) is 195. The molecule has 0 saturated carbocycles. The molecule has 2 radical (unpaired) electrons. The number of hydrogen-bond acceptors (Lipinski definition) is 17. The number of rotatable bonds is 3. The van der Waals surface area contributed by atoms with Gasteiger partial charge in [-0.2, -0.15) is 0 Å². The first-order chi connectivity index (χ1) is 9.40. The maximum atomic E-state index is 9.37. The van der Waals surface area contributed by atoms with E-state index in [1.54, 1.807) is 0 Å². The van der Waals surface area contributed by atoms with Crippen LogP contribution in [0.15, 0.2) is 0 Å². The molecule has 28 heteroatoms. The molecule has 0 aliphatic heterocycles. The zero-order chi connectivity index (χ0) is 19.1. The second kappa shape index (κ2) is 39.1. The summed E-state index contributed by atoms with van der Waals surface area (Å²) in [6.45, 7) is 0. The zero-order valence-corrected chi connectivity index (χ0v) is 23.1. The first-order valence-electron chi connectivity index (χ1n) is 3.00. The Morgan fingerprint density at radius 1 is 0.607 bits per heavy atom. The van der Waals surface area contributed by atoms with E-state index in [9.17, 15) is 25.9 Å². The van der Waals surface area contributed by atoms with E-state index in [-0.39, 0.29) is 158 Å². The van der Waals surface area contributed by atoms with Crippen molar-refractivity contribution in [1.29, 1.82) is 0 Å². The minimum absolute atomic E-state index is 0. The molecule has 0 bridgehead atoms. The molecule has 0 rings (SSSR count). The zero-order valence-electron chi connectivity index (χ0n) is 13.1. The molecule has 0 aromatic heterocycles. The Hall–Kier alpha value is 4.92. The molecule has 160 valence electrons. The maximum absolute atomic E-state index is 9.37. The topological polar surface area (TPSA) is 322 Å². The maximum Gasteiger partial charge on any atom is 1.00 e. The summed E-state index contributed by atoms with van der Waals surface area (Å²) in [6.07, 6.45) is 0. The fraction of sp³-hybridized carbons (Fsp3) is 0. The van der Waals surface area contributed by atoms with E-state index in [1.165, 1.54) is 0 Å². The standard InChI is InChI=1S/ClH.2Fe.K.2Na.H2O8S2.3H2O3S.H/c;;;;;;1-9(2,3)7-8-10(4,5)6;3*1-4(2)3;/h1H;;;;;;(H,1,2,3)(H,4,5,6);3*(H2,1,2,3);/q;2*+3;;2*+1;;;;;/p-8. The summed E-state index contributed by atoms with van der Waals surface area (Å²) in [7, 11) is -10.6. The van der Waals surface area contributed by atoms with E-state index < -0.39 is 54.9 Å². The SMILES string of the molecule is O=S(=O)([O-])OOS(=O)(=O)[O-].O=S([O-])[O-].O=S([O-])[O-].O=S([O-])[O-].[Cl-].[Fe+3].[Fe+3].[H+].[KH].[Na+].[Na+]. The van der Waals surface area contributed by atoms with Crippen LogP contribution < -0.4 is 71.5 Å². The van der Waals surface area contributed by atoms with E-state index in [1.807, 2.05) is 0 Å². The van der Waals surface area contributed by atoms with Crippen molar-refractivity contribution in [3.8, 4) is 0 Å². The molecule has 0 heterocycles. The normalized spacial score (nSPS) is 8.54. The van der Waals surface area contributed by atoms with Gasteiger partial charge in [0.15, 0.2) is 0 Å². The van der Waals surface area contributed by atoms with Crippen LogP contribution in [0.4, 0.5) is 0 Å². The van der Waals surface area contributed by atoms with Gasteiger partial charge in [0.1, 0.15) is 0 Å². The molecular formula is H2ClFe2KNa2O17S5. The molecule has 0 atom stereocenters. The molecule has 28 heavy (non-hydrogen) atoms. The van der Waals surface area contributed by atoms with Crippen molar-refractivity contribution in [2.45, 2.75) is 0 Å². The quantitative estimate of drug-likeness (QED) is 0.0673. The van der Waals surface area contributed by atoms with E-state index in [0.29, 0.717) is 0 Å². The monoisotopic (exact) mass is 666 g/mol. The van der Waals surface area contributed by atoms with Crippen LogP contribution in [0, 0.1) is 0 Å². The molecule has 0 spiro atoms. The molecule has 0 aliphatic rings. The van der Waals surface area contributed by atoms with Gasteiger partial charge in [-0.25, -0.2) is 16.8 Å². The van der Waals surface area contributed by atoms with E-state index >= 15 is 0 Å². The van der Waals surface area contributed by atoms with E-state index in [4.69, 9.17) is 39.9 Å². The van der Waals surface area contributed by atoms with Crippen LogP contribution in [0.5, 0.6) is 0 Å². The summed E-state index contributed by atoms with van der Waals surface area (Å²) in [4.78, 5) is 0. The third-order valence-electron chi connectivity index (χ3n) is 0.194. The molecule has 0 saturated heterocycles. The van der Waals surface area contributed by atoms with E-state index in [0.717, 1.165) is 0 Å². The van der Waals surface area contributed by atoms with Crippen LogP contribution in [0.2, 0.25) is 0 Å². The van der Waals surface area contributed by atoms with Gasteiger partial charge in [0.2, 0.25) is 20.8 Å². The second-order valence-corrected chi connectivity index (χ2v) is 4.69. The third-order valence-corrected chi connectivity index (χ3v) is 0.750. The van der Waals surface area contributed by atoms with Crippen molar-refractivity contribution in [2.24, 2.45) is 0 Å². The Kier molecular flexibility index (Phi) is 89.3. The molecule has 0 fully saturated rings. The first kappa shape index (κ1) is 63.8. The molecule has 0 amide bonds. The van der Waals surface area contributed by atoms with Crippen LogP contribution >= 0.6 is 0 Å². The largest absolute Gasteiger partial charge is 1.00 e. The second-order valence-electron chi connectivity index (χ2n) is 1.56. The van der Waals surface area contributed by atoms with E-state index in [2.05, 4.69) is 8.67 Å². The number of halogens is 1. The predicted octanol–water partition coefficient (Wildman–Crippen LogP) is -14.7. The smallest absolute Gasteiger partial charge is 1.00 e. The minimum atomic E-state index is -5.31. The fourth-order valence-corrected chi connectivity index (χ4v) is 0.612. The predicted molar refractivity (Wildman–Crippen MR) is 58.9 cm³/mol. The van der Waals surface area contributed by atoms with Gasteiger partial charge in [-0.1, -0.05) is 0 Å². The van der Waals surface area contributed by atoms with Crippen molar-refractivity contribution in [1.82, 2.24) is 0 Å². The van der Waals surface area contributed by atoms with Gasteiger partial charge in [0.05, 0.1) is 0 Å². The first-order valence-corrected chi connectivity index (χ1v) is 8.67. The average molecular weight is 667 g/mol. The minimum Gasteiger partial charge on any atom is 1.00 e. The summed E-state index contributed by atoms with van der Waals surface area (Å²) >= 11 is -9.33. The van der Waals surface area contributed by atoms with Gasteiger partial charge in [-0.15, -0.1) is 42.8 Å². The van der Waals surface area contributed by atoms with Crippen LogP contribution in [0.25, 0.3) is 0 Å².